The zero-order chi connectivity index (χ0) is 12.4. The lowest BCUT2D eigenvalue weighted by Gasteiger charge is -2.14. The van der Waals surface area contributed by atoms with Crippen LogP contribution in [-0.4, -0.2) is 46.7 Å². The van der Waals surface area contributed by atoms with E-state index in [0.717, 1.165) is 0 Å². The highest BCUT2D eigenvalue weighted by atomic mass is 16.6. The maximum Gasteiger partial charge on any atom is 0.309 e. The van der Waals surface area contributed by atoms with Gasteiger partial charge in [-0.15, -0.1) is 0 Å². The monoisotopic (exact) mass is 242 g/mol. The molecule has 1 saturated heterocycles. The van der Waals surface area contributed by atoms with Crippen molar-refractivity contribution in [2.24, 2.45) is 0 Å². The van der Waals surface area contributed by atoms with E-state index in [1.165, 1.54) is 6.08 Å². The Balaban J connectivity index is 1.99. The number of aliphatic hydroxyl groups is 2. The Morgan fingerprint density at radius 2 is 2.18 bits per heavy atom. The Morgan fingerprint density at radius 1 is 1.41 bits per heavy atom. The number of esters is 1. The molecule has 5 heteroatoms. The number of carbonyl (C=O) groups is 1. The predicted molar refractivity (Wildman–Crippen MR) is 59.2 cm³/mol. The first-order chi connectivity index (χ1) is 8.06. The molecule has 1 fully saturated rings. The fourth-order valence-electron chi connectivity index (χ4n) is 2.08. The van der Waals surface area contributed by atoms with E-state index < -0.39 is 18.2 Å². The molecule has 2 rings (SSSR count). The zero-order valence-electron chi connectivity index (χ0n) is 9.78. The van der Waals surface area contributed by atoms with E-state index in [0.29, 0.717) is 12.8 Å². The fourth-order valence-corrected chi connectivity index (χ4v) is 2.08. The maximum absolute atomic E-state index is 11.4. The lowest BCUT2D eigenvalue weighted by molar-refractivity contribution is -0.150. The van der Waals surface area contributed by atoms with Crippen LogP contribution < -0.4 is 0 Å². The third kappa shape index (κ3) is 3.52. The van der Waals surface area contributed by atoms with E-state index in [-0.39, 0.29) is 24.7 Å². The van der Waals surface area contributed by atoms with Gasteiger partial charge >= 0.3 is 5.97 Å². The van der Waals surface area contributed by atoms with Gasteiger partial charge in [-0.05, 0) is 13.3 Å². The van der Waals surface area contributed by atoms with Gasteiger partial charge in [-0.2, -0.15) is 0 Å². The second kappa shape index (κ2) is 5.16. The minimum absolute atomic E-state index is 0.0226. The summed E-state index contributed by atoms with van der Waals surface area (Å²) in [7, 11) is 0. The summed E-state index contributed by atoms with van der Waals surface area (Å²) in [5, 5.41) is 19.3. The topological polar surface area (TPSA) is 79.3 Å². The molecule has 0 radical (unpaired) electrons. The van der Waals surface area contributed by atoms with Crippen LogP contribution in [-0.2, 0) is 14.3 Å². The van der Waals surface area contributed by atoms with Gasteiger partial charge in [0.25, 0.3) is 0 Å². The number of carbonyl (C=O) groups excluding carboxylic acids is 1. The second-order valence-electron chi connectivity index (χ2n) is 4.68. The first kappa shape index (κ1) is 12.5. The van der Waals surface area contributed by atoms with E-state index >= 15 is 0 Å². The molecule has 0 aromatic rings. The number of aliphatic hydroxyl groups excluding tert-OH is 2. The normalized spacial score (nSPS) is 44.9. The molecule has 5 atom stereocenters. The van der Waals surface area contributed by atoms with E-state index in [9.17, 15) is 15.0 Å². The van der Waals surface area contributed by atoms with Crippen molar-refractivity contribution < 1.29 is 24.5 Å². The smallest absolute Gasteiger partial charge is 0.309 e. The van der Waals surface area contributed by atoms with Gasteiger partial charge in [0.2, 0.25) is 0 Å². The SMILES string of the molecule is C[C@@H]1C[C@@H]2O[C@H]2[C@@H](O)C/C=C\[C@@H](O)CC(=O)O1. The number of rotatable bonds is 0. The Morgan fingerprint density at radius 3 is 2.94 bits per heavy atom. The molecular formula is C12H18O5. The van der Waals surface area contributed by atoms with Crippen molar-refractivity contribution in [1.82, 2.24) is 0 Å². The van der Waals surface area contributed by atoms with Gasteiger partial charge in [-0.3, -0.25) is 4.79 Å². The molecule has 96 valence electrons. The second-order valence-corrected chi connectivity index (χ2v) is 4.68. The van der Waals surface area contributed by atoms with Gasteiger partial charge in [0.1, 0.15) is 12.2 Å². The van der Waals surface area contributed by atoms with E-state index in [1.54, 1.807) is 13.0 Å². The van der Waals surface area contributed by atoms with Crippen LogP contribution in [0.25, 0.3) is 0 Å². The Hall–Kier alpha value is -0.910. The average molecular weight is 242 g/mol. The van der Waals surface area contributed by atoms with Gasteiger partial charge in [0.05, 0.1) is 24.7 Å². The first-order valence-electron chi connectivity index (χ1n) is 5.94. The molecule has 5 nitrogen and oxygen atoms in total. The molecule has 17 heavy (non-hydrogen) atoms. The van der Waals surface area contributed by atoms with Crippen molar-refractivity contribution in [1.29, 1.82) is 0 Å². The molecule has 0 saturated carbocycles. The summed E-state index contributed by atoms with van der Waals surface area (Å²) < 4.78 is 10.5. The van der Waals surface area contributed by atoms with Gasteiger partial charge in [0.15, 0.2) is 0 Å². The van der Waals surface area contributed by atoms with Crippen LogP contribution in [0.5, 0.6) is 0 Å². The highest BCUT2D eigenvalue weighted by Crippen LogP contribution is 2.31. The fraction of sp³-hybridized carbons (Fsp3) is 0.750. The van der Waals surface area contributed by atoms with Gasteiger partial charge in [-0.1, -0.05) is 12.2 Å². The average Bonchev–Trinajstić information content (AvgIpc) is 2.94. The highest BCUT2D eigenvalue weighted by Gasteiger charge is 2.44. The third-order valence-electron chi connectivity index (χ3n) is 3.01. The summed E-state index contributed by atoms with van der Waals surface area (Å²) in [6.07, 6.45) is 2.31. The Kier molecular flexibility index (Phi) is 3.81. The molecule has 0 bridgehead atoms. The standard InChI is InChI=1S/C12H18O5/c1-7-5-10-12(17-10)9(14)4-2-3-8(13)6-11(15)16-7/h2-3,7-10,12-14H,4-6H2,1H3/b3-2-/t7-,8-,9+,10+,12+/m1/s1. The van der Waals surface area contributed by atoms with Crippen LogP contribution in [0.2, 0.25) is 0 Å². The minimum Gasteiger partial charge on any atom is -0.462 e. The minimum atomic E-state index is -0.850. The van der Waals surface area contributed by atoms with Gasteiger partial charge in [0, 0.05) is 6.42 Å². The van der Waals surface area contributed by atoms with Crippen molar-refractivity contribution in [3.8, 4) is 0 Å². The van der Waals surface area contributed by atoms with Crippen LogP contribution >= 0.6 is 0 Å². The van der Waals surface area contributed by atoms with Crippen LogP contribution in [0, 0.1) is 0 Å². The predicted octanol–water partition coefficient (Wildman–Crippen LogP) is 0.147. The van der Waals surface area contributed by atoms with Crippen molar-refractivity contribution in [2.45, 2.75) is 56.7 Å². The van der Waals surface area contributed by atoms with Crippen molar-refractivity contribution in [3.63, 3.8) is 0 Å². The van der Waals surface area contributed by atoms with Crippen molar-refractivity contribution >= 4 is 5.97 Å². The van der Waals surface area contributed by atoms with Crippen molar-refractivity contribution in [2.75, 3.05) is 0 Å². The van der Waals surface area contributed by atoms with Gasteiger partial charge in [-0.25, -0.2) is 0 Å². The molecule has 2 aliphatic heterocycles. The summed E-state index contributed by atoms with van der Waals surface area (Å²) in [6.45, 7) is 1.79. The molecule has 2 heterocycles. The maximum atomic E-state index is 11.4. The van der Waals surface area contributed by atoms with E-state index in [4.69, 9.17) is 9.47 Å². The number of cyclic esters (lactones) is 1. The largest absolute Gasteiger partial charge is 0.462 e. The van der Waals surface area contributed by atoms with Crippen LogP contribution in [0.3, 0.4) is 0 Å². The lowest BCUT2D eigenvalue weighted by atomic mass is 10.1. The van der Waals surface area contributed by atoms with Crippen molar-refractivity contribution in [3.05, 3.63) is 12.2 Å². The van der Waals surface area contributed by atoms with E-state index in [1.807, 2.05) is 0 Å². The summed E-state index contributed by atoms with van der Waals surface area (Å²) in [5.41, 5.74) is 0. The van der Waals surface area contributed by atoms with Gasteiger partial charge < -0.3 is 19.7 Å². The molecule has 2 aliphatic rings. The molecule has 2 N–H and O–H groups in total. The molecule has 0 unspecified atom stereocenters. The number of ether oxygens (including phenoxy) is 2. The number of hydrogen-bond donors (Lipinski definition) is 2. The molecule has 0 aromatic heterocycles. The van der Waals surface area contributed by atoms with Crippen LogP contribution in [0.1, 0.15) is 26.2 Å². The highest BCUT2D eigenvalue weighted by molar-refractivity contribution is 5.70. The third-order valence-corrected chi connectivity index (χ3v) is 3.01. The Bertz CT molecular complexity index is 314. The summed E-state index contributed by atoms with van der Waals surface area (Å²) >= 11 is 0. The lowest BCUT2D eigenvalue weighted by Crippen LogP contribution is -2.23. The molecular weight excluding hydrogens is 224 g/mol. The van der Waals surface area contributed by atoms with E-state index in [2.05, 4.69) is 0 Å². The summed E-state index contributed by atoms with van der Waals surface area (Å²) in [4.78, 5) is 11.4. The summed E-state index contributed by atoms with van der Waals surface area (Å²) in [6, 6.07) is 0. The quantitative estimate of drug-likeness (QED) is 0.359. The van der Waals surface area contributed by atoms with Crippen LogP contribution in [0.15, 0.2) is 12.2 Å². The first-order valence-corrected chi connectivity index (χ1v) is 5.94. The molecule has 0 aromatic carbocycles. The number of fused-ring (bicyclic) bond motifs is 1. The zero-order valence-corrected chi connectivity index (χ0v) is 9.78. The number of epoxide rings is 1. The molecule has 0 spiro atoms. The molecule has 0 amide bonds. The Labute approximate surface area is 100 Å². The van der Waals surface area contributed by atoms with Crippen LogP contribution in [0.4, 0.5) is 0 Å². The molecule has 0 aliphatic carbocycles. The summed E-state index contributed by atoms with van der Waals surface area (Å²) in [5.74, 6) is -0.409. The number of hydrogen-bond acceptors (Lipinski definition) is 5.